The molecule has 0 unspecified atom stereocenters. The van der Waals surface area contributed by atoms with E-state index in [1.807, 2.05) is 45.9 Å². The number of carbonyl (C=O) groups excluding carboxylic acids is 2. The Labute approximate surface area is 198 Å². The number of carbonyl (C=O) groups is 2. The van der Waals surface area contributed by atoms with Crippen molar-refractivity contribution in [2.24, 2.45) is 0 Å². The van der Waals surface area contributed by atoms with Gasteiger partial charge in [0.2, 0.25) is 11.8 Å². The zero-order chi connectivity index (χ0) is 23.7. The summed E-state index contributed by atoms with van der Waals surface area (Å²) in [6.45, 7) is 12.7. The molecular weight excluding hydrogens is 416 g/mol. The predicted molar refractivity (Wildman–Crippen MR) is 136 cm³/mol. The average molecular weight is 455 g/mol. The van der Waals surface area contributed by atoms with Gasteiger partial charge < -0.3 is 10.2 Å². The maximum absolute atomic E-state index is 13.3. The molecule has 0 aromatic heterocycles. The van der Waals surface area contributed by atoms with Gasteiger partial charge in [0.05, 0.1) is 5.75 Å². The smallest absolute Gasteiger partial charge is 0.243 e. The van der Waals surface area contributed by atoms with E-state index in [0.717, 1.165) is 23.3 Å². The van der Waals surface area contributed by atoms with Crippen molar-refractivity contribution in [1.29, 1.82) is 0 Å². The van der Waals surface area contributed by atoms with Crippen LogP contribution >= 0.6 is 11.8 Å². The number of nitrogens with zero attached hydrogens (tertiary/aromatic N) is 1. The minimum atomic E-state index is -0.473. The van der Waals surface area contributed by atoms with E-state index in [9.17, 15) is 9.59 Å². The van der Waals surface area contributed by atoms with Gasteiger partial charge in [-0.25, -0.2) is 0 Å². The normalized spacial score (nSPS) is 12.8. The van der Waals surface area contributed by atoms with Crippen molar-refractivity contribution in [2.75, 3.05) is 5.75 Å². The first-order valence-corrected chi connectivity index (χ1v) is 12.7. The summed E-state index contributed by atoms with van der Waals surface area (Å²) >= 11 is 1.61. The van der Waals surface area contributed by atoms with Gasteiger partial charge in [0, 0.05) is 18.3 Å². The van der Waals surface area contributed by atoms with E-state index >= 15 is 0 Å². The number of aryl methyl sites for hydroxylation is 3. The minimum absolute atomic E-state index is 0.00651. The number of rotatable bonds is 11. The van der Waals surface area contributed by atoms with E-state index in [4.69, 9.17) is 0 Å². The van der Waals surface area contributed by atoms with Crippen LogP contribution in [0.4, 0.5) is 0 Å². The molecule has 1 N–H and O–H groups in total. The second-order valence-corrected chi connectivity index (χ2v) is 9.73. The van der Waals surface area contributed by atoms with Gasteiger partial charge in [-0.1, -0.05) is 73.0 Å². The van der Waals surface area contributed by atoms with Gasteiger partial charge in [-0.05, 0) is 51.7 Å². The molecule has 2 aromatic carbocycles. The molecular formula is C27H38N2O2S. The van der Waals surface area contributed by atoms with Crippen LogP contribution in [0.25, 0.3) is 0 Å². The lowest BCUT2D eigenvalue weighted by Gasteiger charge is -2.31. The zero-order valence-corrected chi connectivity index (χ0v) is 21.2. The van der Waals surface area contributed by atoms with Crippen molar-refractivity contribution >= 4 is 23.6 Å². The van der Waals surface area contributed by atoms with Crippen LogP contribution in [-0.2, 0) is 21.9 Å². The van der Waals surface area contributed by atoms with Crippen LogP contribution in [0, 0.1) is 20.8 Å². The van der Waals surface area contributed by atoms with Gasteiger partial charge in [-0.2, -0.15) is 0 Å². The molecule has 0 heterocycles. The summed E-state index contributed by atoms with van der Waals surface area (Å²) in [4.78, 5) is 28.1. The second-order valence-electron chi connectivity index (χ2n) is 8.74. The van der Waals surface area contributed by atoms with Crippen molar-refractivity contribution in [3.63, 3.8) is 0 Å². The van der Waals surface area contributed by atoms with Crippen molar-refractivity contribution in [2.45, 2.75) is 78.8 Å². The van der Waals surface area contributed by atoms with Crippen molar-refractivity contribution in [3.8, 4) is 0 Å². The zero-order valence-electron chi connectivity index (χ0n) is 20.4. The monoisotopic (exact) mass is 454 g/mol. The summed E-state index contributed by atoms with van der Waals surface area (Å²) in [5.41, 5.74) is 5.90. The Balaban J connectivity index is 2.15. The fourth-order valence-corrected chi connectivity index (χ4v) is 4.70. The Morgan fingerprint density at radius 1 is 0.938 bits per heavy atom. The van der Waals surface area contributed by atoms with Crippen molar-refractivity contribution in [1.82, 2.24) is 10.2 Å². The molecule has 2 atom stereocenters. The first kappa shape index (κ1) is 26.0. The molecule has 0 fully saturated rings. The van der Waals surface area contributed by atoms with Gasteiger partial charge >= 0.3 is 0 Å². The fraction of sp³-hybridized carbons (Fsp3) is 0.481. The topological polar surface area (TPSA) is 49.4 Å². The Kier molecular flexibility index (Phi) is 10.3. The van der Waals surface area contributed by atoms with Crippen LogP contribution < -0.4 is 5.32 Å². The molecule has 4 nitrogen and oxygen atoms in total. The third-order valence-electron chi connectivity index (χ3n) is 5.60. The highest BCUT2D eigenvalue weighted by Gasteiger charge is 2.29. The summed E-state index contributed by atoms with van der Waals surface area (Å²) in [6, 6.07) is 14.3. The lowest BCUT2D eigenvalue weighted by atomic mass is 10.1. The van der Waals surface area contributed by atoms with Crippen LogP contribution in [0.15, 0.2) is 42.5 Å². The Bertz CT molecular complexity index is 892. The standard InChI is InChI=1S/C27H38N2O2S/c1-7-22(6)28-27(31)25(8-2)29(16-23-11-9-10-19(3)13-23)26(30)18-32-17-24-14-20(4)12-21(5)15-24/h9-15,22,25H,7-8,16-18H2,1-6H3,(H,28,31)/t22-,25-/m1/s1. The molecule has 2 rings (SSSR count). The Morgan fingerprint density at radius 3 is 2.19 bits per heavy atom. The molecule has 0 saturated heterocycles. The number of benzene rings is 2. The van der Waals surface area contributed by atoms with E-state index < -0.39 is 6.04 Å². The summed E-state index contributed by atoms with van der Waals surface area (Å²) < 4.78 is 0. The maximum atomic E-state index is 13.3. The molecule has 0 aliphatic heterocycles. The highest BCUT2D eigenvalue weighted by atomic mass is 32.2. The van der Waals surface area contributed by atoms with Crippen LogP contribution in [0.5, 0.6) is 0 Å². The van der Waals surface area contributed by atoms with Gasteiger partial charge in [0.1, 0.15) is 6.04 Å². The Hall–Kier alpha value is -2.27. The molecule has 0 aliphatic carbocycles. The molecule has 0 saturated carbocycles. The summed E-state index contributed by atoms with van der Waals surface area (Å²) in [5, 5.41) is 3.07. The van der Waals surface area contributed by atoms with Gasteiger partial charge in [-0.15, -0.1) is 11.8 Å². The van der Waals surface area contributed by atoms with E-state index in [-0.39, 0.29) is 17.9 Å². The van der Waals surface area contributed by atoms with Crippen LogP contribution in [0.1, 0.15) is 61.4 Å². The lowest BCUT2D eigenvalue weighted by molar-refractivity contribution is -0.139. The first-order valence-electron chi connectivity index (χ1n) is 11.5. The molecule has 0 radical (unpaired) electrons. The minimum Gasteiger partial charge on any atom is -0.352 e. The molecule has 0 spiro atoms. The van der Waals surface area contributed by atoms with Crippen molar-refractivity contribution in [3.05, 3.63) is 70.3 Å². The highest BCUT2D eigenvalue weighted by Crippen LogP contribution is 2.19. The van der Waals surface area contributed by atoms with Crippen LogP contribution in [-0.4, -0.2) is 34.6 Å². The van der Waals surface area contributed by atoms with Gasteiger partial charge in [0.15, 0.2) is 0 Å². The van der Waals surface area contributed by atoms with E-state index in [2.05, 4.69) is 43.4 Å². The van der Waals surface area contributed by atoms with Crippen molar-refractivity contribution < 1.29 is 9.59 Å². The lowest BCUT2D eigenvalue weighted by Crippen LogP contribution is -2.51. The van der Waals surface area contributed by atoms with E-state index in [0.29, 0.717) is 18.7 Å². The maximum Gasteiger partial charge on any atom is 0.243 e. The summed E-state index contributed by atoms with van der Waals surface area (Å²) in [6.07, 6.45) is 1.45. The molecule has 2 amide bonds. The molecule has 2 aromatic rings. The number of hydrogen-bond donors (Lipinski definition) is 1. The number of nitrogens with one attached hydrogen (secondary N) is 1. The molecule has 0 bridgehead atoms. The van der Waals surface area contributed by atoms with Crippen LogP contribution in [0.2, 0.25) is 0 Å². The molecule has 0 aliphatic rings. The van der Waals surface area contributed by atoms with Gasteiger partial charge in [-0.3, -0.25) is 9.59 Å². The second kappa shape index (κ2) is 12.7. The van der Waals surface area contributed by atoms with E-state index in [1.165, 1.54) is 16.7 Å². The largest absolute Gasteiger partial charge is 0.352 e. The quantitative estimate of drug-likeness (QED) is 0.483. The van der Waals surface area contributed by atoms with Gasteiger partial charge in [0.25, 0.3) is 0 Å². The molecule has 5 heteroatoms. The number of thioether (sulfide) groups is 1. The summed E-state index contributed by atoms with van der Waals surface area (Å²) in [5.74, 6) is 1.07. The van der Waals surface area contributed by atoms with Crippen LogP contribution in [0.3, 0.4) is 0 Å². The highest BCUT2D eigenvalue weighted by molar-refractivity contribution is 7.99. The first-order chi connectivity index (χ1) is 15.2. The Morgan fingerprint density at radius 2 is 1.59 bits per heavy atom. The SMILES string of the molecule is CC[C@@H](C)NC(=O)[C@@H](CC)N(Cc1cccc(C)c1)C(=O)CSCc1cc(C)cc(C)c1. The third-order valence-corrected chi connectivity index (χ3v) is 6.59. The molecule has 174 valence electrons. The molecule has 32 heavy (non-hydrogen) atoms. The average Bonchev–Trinajstić information content (AvgIpc) is 2.72. The third kappa shape index (κ3) is 8.01. The number of hydrogen-bond acceptors (Lipinski definition) is 3. The summed E-state index contributed by atoms with van der Waals surface area (Å²) in [7, 11) is 0. The number of amides is 2. The van der Waals surface area contributed by atoms with E-state index in [1.54, 1.807) is 16.7 Å². The fourth-order valence-electron chi connectivity index (χ4n) is 3.86. The predicted octanol–water partition coefficient (Wildman–Crippen LogP) is 5.57.